The number of aryl methyl sites for hydroxylation is 1. The molecule has 0 N–H and O–H groups in total. The molecule has 0 saturated carbocycles. The van der Waals surface area contributed by atoms with Crippen LogP contribution in [0.3, 0.4) is 0 Å². The highest BCUT2D eigenvalue weighted by Gasteiger charge is 2.20. The van der Waals surface area contributed by atoms with Gasteiger partial charge in [0.15, 0.2) is 0 Å². The zero-order valence-electron chi connectivity index (χ0n) is 14.6. The lowest BCUT2D eigenvalue weighted by atomic mass is 10.1. The number of fused-ring (bicyclic) bond motifs is 2. The van der Waals surface area contributed by atoms with Crippen molar-refractivity contribution in [3.8, 4) is 5.69 Å². The number of nitrogens with zero attached hydrogens (tertiary/aromatic N) is 2. The lowest BCUT2D eigenvalue weighted by molar-refractivity contribution is 0.574. The molecule has 2 heterocycles. The van der Waals surface area contributed by atoms with E-state index in [1.165, 1.54) is 12.1 Å². The van der Waals surface area contributed by atoms with Crippen LogP contribution in [0.5, 0.6) is 0 Å². The first-order valence-electron chi connectivity index (χ1n) is 8.32. The summed E-state index contributed by atoms with van der Waals surface area (Å²) >= 11 is 0. The van der Waals surface area contributed by atoms with Gasteiger partial charge < -0.3 is 0 Å². The van der Waals surface area contributed by atoms with Crippen LogP contribution >= 0.6 is 0 Å². The van der Waals surface area contributed by atoms with Gasteiger partial charge in [0.2, 0.25) is 0 Å². The second-order valence-electron chi connectivity index (χ2n) is 6.80. The van der Waals surface area contributed by atoms with Crippen LogP contribution in [-0.4, -0.2) is 9.13 Å². The van der Waals surface area contributed by atoms with Crippen molar-refractivity contribution in [3.63, 3.8) is 0 Å². The van der Waals surface area contributed by atoms with E-state index in [1.54, 1.807) is 26.0 Å². The Kier molecular flexibility index (Phi) is 3.34. The highest BCUT2D eigenvalue weighted by atomic mass is 16.2. The smallest absolute Gasteiger partial charge is 0.266 e. The van der Waals surface area contributed by atoms with Gasteiger partial charge in [-0.05, 0) is 45.0 Å². The summed E-state index contributed by atoms with van der Waals surface area (Å²) in [6.45, 7) is 5.39. The standard InChI is InChI=1S/C20H16N2O4/c1-10(2)21-17(23)13-8-15-16(9-14(13)18(21)24)20(26)22(19(15)25)12-6-4-11(3)5-7-12/h4-10H,1-3H3. The molecule has 0 aliphatic carbocycles. The Hall–Kier alpha value is -3.28. The number of aromatic nitrogens is 2. The summed E-state index contributed by atoms with van der Waals surface area (Å²) in [5, 5.41) is 0.658. The molecular formula is C20H16N2O4. The molecule has 6 heteroatoms. The Labute approximate surface area is 147 Å². The molecule has 0 atom stereocenters. The molecule has 0 radical (unpaired) electrons. The van der Waals surface area contributed by atoms with Crippen LogP contribution in [0, 0.1) is 6.92 Å². The van der Waals surface area contributed by atoms with Gasteiger partial charge in [-0.1, -0.05) is 17.7 Å². The second kappa shape index (κ2) is 5.36. The predicted molar refractivity (Wildman–Crippen MR) is 101 cm³/mol. The maximum absolute atomic E-state index is 12.8. The van der Waals surface area contributed by atoms with E-state index in [0.717, 1.165) is 14.7 Å². The fourth-order valence-corrected chi connectivity index (χ4v) is 3.39. The minimum Gasteiger partial charge on any atom is -0.272 e. The Bertz CT molecular complexity index is 1300. The first kappa shape index (κ1) is 16.2. The van der Waals surface area contributed by atoms with E-state index in [1.807, 2.05) is 19.1 Å². The molecular weight excluding hydrogens is 332 g/mol. The lowest BCUT2D eigenvalue weighted by Crippen LogP contribution is -2.27. The highest BCUT2D eigenvalue weighted by molar-refractivity contribution is 5.98. The summed E-state index contributed by atoms with van der Waals surface area (Å²) in [7, 11) is 0. The fraction of sp³-hybridized carbons (Fsp3) is 0.200. The first-order chi connectivity index (χ1) is 12.3. The molecule has 26 heavy (non-hydrogen) atoms. The van der Waals surface area contributed by atoms with Crippen LogP contribution in [0.4, 0.5) is 0 Å². The van der Waals surface area contributed by atoms with Crippen LogP contribution in [0.15, 0.2) is 55.6 Å². The summed E-state index contributed by atoms with van der Waals surface area (Å²) in [5.41, 5.74) is -0.369. The van der Waals surface area contributed by atoms with Crippen molar-refractivity contribution in [2.75, 3.05) is 0 Å². The first-order valence-corrected chi connectivity index (χ1v) is 8.32. The molecule has 2 aromatic heterocycles. The SMILES string of the molecule is Cc1ccc(-n2c(=O)c3cc4c(=O)n(C(C)C)c(=O)c4cc3c2=O)cc1. The van der Waals surface area contributed by atoms with Crippen molar-refractivity contribution in [1.29, 1.82) is 0 Å². The van der Waals surface area contributed by atoms with Gasteiger partial charge in [0.05, 0.1) is 27.2 Å². The van der Waals surface area contributed by atoms with Crippen molar-refractivity contribution >= 4 is 21.5 Å². The molecule has 6 nitrogen and oxygen atoms in total. The molecule has 0 spiro atoms. The van der Waals surface area contributed by atoms with Crippen molar-refractivity contribution in [2.45, 2.75) is 26.8 Å². The summed E-state index contributed by atoms with van der Waals surface area (Å²) in [6.07, 6.45) is 0. The van der Waals surface area contributed by atoms with Crippen LogP contribution in [0.25, 0.3) is 27.2 Å². The summed E-state index contributed by atoms with van der Waals surface area (Å²) in [4.78, 5) is 50.6. The molecule has 4 rings (SSSR count). The number of rotatable bonds is 2. The molecule has 2 aromatic carbocycles. The fourth-order valence-electron chi connectivity index (χ4n) is 3.39. The maximum Gasteiger partial charge on any atom is 0.266 e. The zero-order chi connectivity index (χ0) is 18.7. The highest BCUT2D eigenvalue weighted by Crippen LogP contribution is 2.17. The van der Waals surface area contributed by atoms with E-state index in [9.17, 15) is 19.2 Å². The summed E-state index contributed by atoms with van der Waals surface area (Å²) in [5.74, 6) is 0. The Balaban J connectivity index is 2.14. The number of benzene rings is 2. The predicted octanol–water partition coefficient (Wildman–Crippen LogP) is 1.79. The van der Waals surface area contributed by atoms with Gasteiger partial charge in [0, 0.05) is 6.04 Å². The molecule has 0 unspecified atom stereocenters. The molecule has 0 aliphatic heterocycles. The van der Waals surface area contributed by atoms with Gasteiger partial charge in [-0.3, -0.25) is 23.7 Å². The third kappa shape index (κ3) is 2.05. The minimum absolute atomic E-state index is 0.154. The van der Waals surface area contributed by atoms with E-state index in [4.69, 9.17) is 0 Å². The van der Waals surface area contributed by atoms with E-state index in [2.05, 4.69) is 0 Å². The van der Waals surface area contributed by atoms with E-state index in [0.29, 0.717) is 5.69 Å². The van der Waals surface area contributed by atoms with Gasteiger partial charge in [0.1, 0.15) is 0 Å². The molecule has 0 fully saturated rings. The largest absolute Gasteiger partial charge is 0.272 e. The normalized spacial score (nSPS) is 11.8. The Morgan fingerprint density at radius 1 is 0.692 bits per heavy atom. The second-order valence-corrected chi connectivity index (χ2v) is 6.80. The van der Waals surface area contributed by atoms with Crippen molar-refractivity contribution in [2.24, 2.45) is 0 Å². The molecule has 4 aromatic rings. The van der Waals surface area contributed by atoms with Gasteiger partial charge in [0.25, 0.3) is 22.2 Å². The summed E-state index contributed by atoms with van der Waals surface area (Å²) < 4.78 is 2.22. The van der Waals surface area contributed by atoms with E-state index >= 15 is 0 Å². The van der Waals surface area contributed by atoms with E-state index in [-0.39, 0.29) is 27.6 Å². The molecule has 0 bridgehead atoms. The van der Waals surface area contributed by atoms with Gasteiger partial charge >= 0.3 is 0 Å². The number of hydrogen-bond donors (Lipinski definition) is 0. The van der Waals surface area contributed by atoms with Crippen molar-refractivity contribution in [3.05, 3.63) is 83.4 Å². The van der Waals surface area contributed by atoms with E-state index < -0.39 is 22.2 Å². The Morgan fingerprint density at radius 3 is 1.54 bits per heavy atom. The van der Waals surface area contributed by atoms with Gasteiger partial charge in [-0.15, -0.1) is 0 Å². The average molecular weight is 348 g/mol. The average Bonchev–Trinajstić information content (AvgIpc) is 2.99. The summed E-state index contributed by atoms with van der Waals surface area (Å²) in [6, 6.07) is 9.47. The van der Waals surface area contributed by atoms with Crippen LogP contribution in [-0.2, 0) is 0 Å². The third-order valence-corrected chi connectivity index (χ3v) is 4.73. The topological polar surface area (TPSA) is 78.1 Å². The molecule has 0 saturated heterocycles. The van der Waals surface area contributed by atoms with Crippen molar-refractivity contribution < 1.29 is 0 Å². The maximum atomic E-state index is 12.8. The van der Waals surface area contributed by atoms with Crippen LogP contribution in [0.2, 0.25) is 0 Å². The van der Waals surface area contributed by atoms with Crippen LogP contribution < -0.4 is 22.2 Å². The Morgan fingerprint density at radius 2 is 1.12 bits per heavy atom. The minimum atomic E-state index is -0.486. The third-order valence-electron chi connectivity index (χ3n) is 4.73. The number of hydrogen-bond acceptors (Lipinski definition) is 4. The molecule has 130 valence electrons. The van der Waals surface area contributed by atoms with Gasteiger partial charge in [-0.25, -0.2) is 4.57 Å². The molecule has 0 amide bonds. The lowest BCUT2D eigenvalue weighted by Gasteiger charge is -2.01. The zero-order valence-corrected chi connectivity index (χ0v) is 14.6. The quantitative estimate of drug-likeness (QED) is 0.553. The monoisotopic (exact) mass is 348 g/mol. The van der Waals surface area contributed by atoms with Gasteiger partial charge in [-0.2, -0.15) is 0 Å². The molecule has 0 aliphatic rings. The van der Waals surface area contributed by atoms with Crippen molar-refractivity contribution in [1.82, 2.24) is 9.13 Å². The van der Waals surface area contributed by atoms with Crippen LogP contribution in [0.1, 0.15) is 25.5 Å².